The number of methoxy groups -OCH3 is 1. The number of hydrogen-bond donors (Lipinski definition) is 3. The van der Waals surface area contributed by atoms with Crippen LogP contribution in [0.3, 0.4) is 0 Å². The Balaban J connectivity index is 2.00. The molecule has 3 aliphatic rings. The molecule has 12 heteroatoms. The number of nitrogens with zero attached hydrogens (tertiary/aromatic N) is 2. The van der Waals surface area contributed by atoms with Crippen LogP contribution in [0.25, 0.3) is 0 Å². The molecular weight excluding hydrogens is 482 g/mol. The summed E-state index contributed by atoms with van der Waals surface area (Å²) in [5, 5.41) is 17.7. The maximum absolute atomic E-state index is 13.9. The molecule has 204 valence electrons. The largest absolute Gasteiger partial charge is 0.464 e. The lowest BCUT2D eigenvalue weighted by Gasteiger charge is -2.38. The van der Waals surface area contributed by atoms with Crippen molar-refractivity contribution in [1.82, 2.24) is 20.9 Å². The number of nitrogens with one attached hydrogen (secondary N) is 3. The van der Waals surface area contributed by atoms with Crippen molar-refractivity contribution in [3.63, 3.8) is 0 Å². The molecule has 0 spiro atoms. The van der Waals surface area contributed by atoms with Gasteiger partial charge in [0, 0.05) is 12.5 Å². The summed E-state index contributed by atoms with van der Waals surface area (Å²) in [7, 11) is 1.19. The number of ether oxygens (including phenoxy) is 2. The Bertz CT molecular complexity index is 975. The van der Waals surface area contributed by atoms with Gasteiger partial charge >= 0.3 is 12.1 Å². The summed E-state index contributed by atoms with van der Waals surface area (Å²) in [6, 6.07) is -1.73. The summed E-state index contributed by atoms with van der Waals surface area (Å²) in [5.74, 6) is -2.65. The SMILES string of the molecule is COC(=O)N[C@@H]1C(=O)N2CC[C@H](C(C)C)[C@H]2C(=O)N[C@H](C#N)C[C@@H]2C[C@H](NC2=O)C(=O)OCCC1(C)C. The van der Waals surface area contributed by atoms with E-state index in [1.54, 1.807) is 13.8 Å². The molecule has 12 nitrogen and oxygen atoms in total. The molecule has 37 heavy (non-hydrogen) atoms. The molecule has 3 rings (SSSR count). The first-order valence-corrected chi connectivity index (χ1v) is 12.7. The minimum absolute atomic E-state index is 0.0322. The number of carbonyl (C=O) groups is 5. The van der Waals surface area contributed by atoms with Crippen molar-refractivity contribution in [2.75, 3.05) is 20.3 Å². The molecule has 3 aliphatic heterocycles. The summed E-state index contributed by atoms with van der Waals surface area (Å²) in [4.78, 5) is 66.3. The van der Waals surface area contributed by atoms with Gasteiger partial charge in [-0.1, -0.05) is 27.7 Å². The van der Waals surface area contributed by atoms with Crippen molar-refractivity contribution in [1.29, 1.82) is 5.26 Å². The third kappa shape index (κ3) is 6.14. The van der Waals surface area contributed by atoms with E-state index >= 15 is 0 Å². The van der Waals surface area contributed by atoms with Gasteiger partial charge in [-0.05, 0) is 42.9 Å². The number of hydrogen-bond acceptors (Lipinski definition) is 8. The molecule has 0 saturated carbocycles. The molecule has 0 aromatic carbocycles. The number of fused-ring (bicyclic) bond motifs is 3. The number of rotatable bonds is 2. The lowest BCUT2D eigenvalue weighted by atomic mass is 9.80. The number of esters is 1. The minimum Gasteiger partial charge on any atom is -0.464 e. The van der Waals surface area contributed by atoms with Crippen LogP contribution in [0.1, 0.15) is 53.4 Å². The zero-order chi connectivity index (χ0) is 27.5. The molecule has 0 unspecified atom stereocenters. The van der Waals surface area contributed by atoms with E-state index in [1.165, 1.54) is 12.0 Å². The highest BCUT2D eigenvalue weighted by atomic mass is 16.5. The number of nitriles is 1. The van der Waals surface area contributed by atoms with Gasteiger partial charge in [0.15, 0.2) is 0 Å². The number of cyclic esters (lactones) is 1. The molecule has 0 aliphatic carbocycles. The second kappa shape index (κ2) is 11.4. The van der Waals surface area contributed by atoms with Crippen LogP contribution in [0.5, 0.6) is 0 Å². The topological polar surface area (TPSA) is 167 Å². The first-order chi connectivity index (χ1) is 17.4. The minimum atomic E-state index is -1.07. The van der Waals surface area contributed by atoms with E-state index in [4.69, 9.17) is 9.47 Å². The van der Waals surface area contributed by atoms with Crippen LogP contribution < -0.4 is 16.0 Å². The van der Waals surface area contributed by atoms with Crippen molar-refractivity contribution in [3.8, 4) is 6.07 Å². The maximum atomic E-state index is 13.9. The zero-order valence-electron chi connectivity index (χ0n) is 22.0. The van der Waals surface area contributed by atoms with E-state index in [1.807, 2.05) is 19.9 Å². The van der Waals surface area contributed by atoms with Crippen LogP contribution >= 0.6 is 0 Å². The number of carbonyl (C=O) groups excluding carboxylic acids is 5. The average Bonchev–Trinajstić information content (AvgIpc) is 3.44. The summed E-state index contributed by atoms with van der Waals surface area (Å²) in [5.41, 5.74) is -0.893. The van der Waals surface area contributed by atoms with Crippen molar-refractivity contribution >= 4 is 29.8 Å². The molecular formula is C25H37N5O7. The number of amides is 4. The van der Waals surface area contributed by atoms with Gasteiger partial charge in [-0.2, -0.15) is 5.26 Å². The van der Waals surface area contributed by atoms with Crippen molar-refractivity contribution in [2.45, 2.75) is 77.5 Å². The Hall–Kier alpha value is -3.36. The molecule has 3 heterocycles. The predicted octanol–water partition coefficient (Wildman–Crippen LogP) is 0.460. The Kier molecular flexibility index (Phi) is 8.66. The Morgan fingerprint density at radius 3 is 2.51 bits per heavy atom. The second-order valence-electron chi connectivity index (χ2n) is 11.1. The van der Waals surface area contributed by atoms with E-state index < -0.39 is 59.4 Å². The Morgan fingerprint density at radius 1 is 1.19 bits per heavy atom. The van der Waals surface area contributed by atoms with E-state index in [0.717, 1.165) is 0 Å². The quantitative estimate of drug-likeness (QED) is 0.442. The van der Waals surface area contributed by atoms with E-state index in [9.17, 15) is 29.2 Å². The molecule has 0 aromatic heterocycles. The van der Waals surface area contributed by atoms with Crippen LogP contribution in [-0.4, -0.2) is 79.1 Å². The third-order valence-corrected chi connectivity index (χ3v) is 7.80. The Morgan fingerprint density at radius 2 is 1.89 bits per heavy atom. The molecule has 4 amide bonds. The van der Waals surface area contributed by atoms with E-state index in [0.29, 0.717) is 13.0 Å². The fraction of sp³-hybridized carbons (Fsp3) is 0.760. The van der Waals surface area contributed by atoms with Gasteiger partial charge in [-0.3, -0.25) is 14.4 Å². The summed E-state index contributed by atoms with van der Waals surface area (Å²) >= 11 is 0. The average molecular weight is 520 g/mol. The highest BCUT2D eigenvalue weighted by molar-refractivity contribution is 5.93. The molecule has 0 radical (unpaired) electrons. The van der Waals surface area contributed by atoms with Crippen LogP contribution in [0, 0.1) is 34.5 Å². The van der Waals surface area contributed by atoms with Crippen molar-refractivity contribution in [2.24, 2.45) is 23.2 Å². The lowest BCUT2D eigenvalue weighted by molar-refractivity contribution is -0.148. The fourth-order valence-electron chi connectivity index (χ4n) is 5.47. The van der Waals surface area contributed by atoms with Gasteiger partial charge in [0.25, 0.3) is 0 Å². The predicted molar refractivity (Wildman–Crippen MR) is 129 cm³/mol. The van der Waals surface area contributed by atoms with Crippen LogP contribution in [0.15, 0.2) is 0 Å². The molecule has 3 fully saturated rings. The summed E-state index contributed by atoms with van der Waals surface area (Å²) in [6.45, 7) is 7.71. The van der Waals surface area contributed by atoms with Gasteiger partial charge in [0.05, 0.1) is 19.8 Å². The summed E-state index contributed by atoms with van der Waals surface area (Å²) < 4.78 is 10.2. The van der Waals surface area contributed by atoms with Gasteiger partial charge < -0.3 is 30.3 Å². The highest BCUT2D eigenvalue weighted by Crippen LogP contribution is 2.35. The van der Waals surface area contributed by atoms with Gasteiger partial charge in [-0.25, -0.2) is 9.59 Å². The lowest BCUT2D eigenvalue weighted by Crippen LogP contribution is -2.60. The monoisotopic (exact) mass is 519 g/mol. The van der Waals surface area contributed by atoms with Gasteiger partial charge in [0.1, 0.15) is 24.2 Å². The maximum Gasteiger partial charge on any atom is 0.407 e. The van der Waals surface area contributed by atoms with Crippen LogP contribution in [-0.2, 0) is 28.7 Å². The standard InChI is InChI=1S/C25H37N5O7/c1-13(2)16-6-8-30-18(16)21(32)27-15(12-26)10-14-11-17(28-20(14)31)23(34)37-9-7-25(3,4)19(22(30)33)29-24(35)36-5/h13-19H,6-11H2,1-5H3,(H,27,32)(H,28,31)(H,29,35)/t14-,15+,16-,17+,18+,19-/m1/s1. The molecule has 3 N–H and O–H groups in total. The van der Waals surface area contributed by atoms with Crippen LogP contribution in [0.2, 0.25) is 0 Å². The van der Waals surface area contributed by atoms with Crippen molar-refractivity contribution in [3.05, 3.63) is 0 Å². The van der Waals surface area contributed by atoms with E-state index in [-0.39, 0.29) is 43.6 Å². The fourth-order valence-corrected chi connectivity index (χ4v) is 5.47. The molecule has 2 bridgehead atoms. The molecule has 0 aromatic rings. The summed E-state index contributed by atoms with van der Waals surface area (Å²) in [6.07, 6.45) is 0.184. The smallest absolute Gasteiger partial charge is 0.407 e. The van der Waals surface area contributed by atoms with Crippen LogP contribution in [0.4, 0.5) is 4.79 Å². The molecule has 6 atom stereocenters. The zero-order valence-corrected chi connectivity index (χ0v) is 22.0. The van der Waals surface area contributed by atoms with E-state index in [2.05, 4.69) is 16.0 Å². The first kappa shape index (κ1) is 28.2. The molecule has 3 saturated heterocycles. The first-order valence-electron chi connectivity index (χ1n) is 12.7. The van der Waals surface area contributed by atoms with Gasteiger partial charge in [0.2, 0.25) is 17.7 Å². The second-order valence-corrected chi connectivity index (χ2v) is 11.1. The number of alkyl carbamates (subject to hydrolysis) is 1. The van der Waals surface area contributed by atoms with Crippen molar-refractivity contribution < 1.29 is 33.4 Å². The normalized spacial score (nSPS) is 32.6. The van der Waals surface area contributed by atoms with Gasteiger partial charge in [-0.15, -0.1) is 0 Å². The third-order valence-electron chi connectivity index (χ3n) is 7.80. The Labute approximate surface area is 216 Å². The highest BCUT2D eigenvalue weighted by Gasteiger charge is 2.49.